The lowest BCUT2D eigenvalue weighted by molar-refractivity contribution is -0.134. The third kappa shape index (κ3) is 3.26. The number of anilines is 1. The highest BCUT2D eigenvalue weighted by molar-refractivity contribution is 5.96. The fourth-order valence-corrected chi connectivity index (χ4v) is 1.70. The summed E-state index contributed by atoms with van der Waals surface area (Å²) in [6, 6.07) is 8.28. The molecule has 0 fully saturated rings. The van der Waals surface area contributed by atoms with E-state index in [1.54, 1.807) is 30.3 Å². The van der Waals surface area contributed by atoms with Gasteiger partial charge in [-0.25, -0.2) is 14.2 Å². The monoisotopic (exact) mass is 299 g/mol. The largest absolute Gasteiger partial charge is 0.466 e. The average Bonchev–Trinajstić information content (AvgIpc) is 2.54. The van der Waals surface area contributed by atoms with Crippen molar-refractivity contribution < 1.29 is 14.3 Å². The highest BCUT2D eigenvalue weighted by atomic mass is 16.5. The quantitative estimate of drug-likeness (QED) is 0.661. The predicted molar refractivity (Wildman–Crippen MR) is 80.1 cm³/mol. The summed E-state index contributed by atoms with van der Waals surface area (Å²) in [5.41, 5.74) is 5.42. The van der Waals surface area contributed by atoms with E-state index in [9.17, 15) is 14.4 Å². The summed E-state index contributed by atoms with van der Waals surface area (Å²) in [6.07, 6.45) is 3.68. The molecule has 22 heavy (non-hydrogen) atoms. The van der Waals surface area contributed by atoms with Crippen LogP contribution < -0.4 is 11.4 Å². The normalized spacial score (nSPS) is 10.6. The van der Waals surface area contributed by atoms with E-state index in [0.29, 0.717) is 5.56 Å². The van der Waals surface area contributed by atoms with E-state index in [2.05, 4.69) is 9.72 Å². The molecule has 0 atom stereocenters. The minimum Gasteiger partial charge on any atom is -0.466 e. The topological polar surface area (TPSA) is 104 Å². The minimum absolute atomic E-state index is 0.0812. The summed E-state index contributed by atoms with van der Waals surface area (Å²) >= 11 is 0. The van der Waals surface area contributed by atoms with Crippen LogP contribution in [0.5, 0.6) is 0 Å². The number of aromatic nitrogens is 2. The zero-order valence-corrected chi connectivity index (χ0v) is 11.7. The molecule has 0 radical (unpaired) electrons. The number of nitrogens with zero attached hydrogens (tertiary/aromatic N) is 2. The van der Waals surface area contributed by atoms with E-state index >= 15 is 0 Å². The third-order valence-electron chi connectivity index (χ3n) is 2.83. The van der Waals surface area contributed by atoms with Crippen molar-refractivity contribution in [2.45, 2.75) is 0 Å². The zero-order chi connectivity index (χ0) is 16.1. The molecule has 0 amide bonds. The molecule has 2 aromatic rings. The van der Waals surface area contributed by atoms with Crippen molar-refractivity contribution in [1.82, 2.24) is 9.55 Å². The van der Waals surface area contributed by atoms with Gasteiger partial charge in [-0.1, -0.05) is 18.2 Å². The average molecular weight is 299 g/mol. The van der Waals surface area contributed by atoms with E-state index in [0.717, 1.165) is 10.6 Å². The summed E-state index contributed by atoms with van der Waals surface area (Å²) < 4.78 is 5.30. The summed E-state index contributed by atoms with van der Waals surface area (Å²) in [6.45, 7) is 0. The molecule has 1 aromatic heterocycles. The van der Waals surface area contributed by atoms with Crippen LogP contribution in [0.1, 0.15) is 15.9 Å². The lowest BCUT2D eigenvalue weighted by Gasteiger charge is -2.06. The molecular weight excluding hydrogens is 286 g/mol. The van der Waals surface area contributed by atoms with Crippen molar-refractivity contribution in [1.29, 1.82) is 0 Å². The first-order valence-electron chi connectivity index (χ1n) is 6.28. The van der Waals surface area contributed by atoms with Crippen molar-refractivity contribution in [2.24, 2.45) is 0 Å². The Morgan fingerprint density at radius 2 is 1.95 bits per heavy atom. The second-order valence-corrected chi connectivity index (χ2v) is 4.26. The van der Waals surface area contributed by atoms with Crippen LogP contribution >= 0.6 is 0 Å². The van der Waals surface area contributed by atoms with E-state index < -0.39 is 17.6 Å². The zero-order valence-electron chi connectivity index (χ0n) is 11.7. The van der Waals surface area contributed by atoms with Crippen molar-refractivity contribution >= 4 is 23.8 Å². The van der Waals surface area contributed by atoms with Crippen LogP contribution in [-0.2, 0) is 9.53 Å². The first-order chi connectivity index (χ1) is 10.5. The number of esters is 1. The van der Waals surface area contributed by atoms with Gasteiger partial charge in [0.1, 0.15) is 5.82 Å². The summed E-state index contributed by atoms with van der Waals surface area (Å²) in [7, 11) is 1.23. The Hall–Kier alpha value is -3.22. The highest BCUT2D eigenvalue weighted by Gasteiger charge is 2.12. The van der Waals surface area contributed by atoms with E-state index in [-0.39, 0.29) is 11.4 Å². The number of carbonyl (C=O) groups is 2. The highest BCUT2D eigenvalue weighted by Crippen LogP contribution is 2.09. The Labute approximate surface area is 125 Å². The number of hydrogen-bond acceptors (Lipinski definition) is 6. The summed E-state index contributed by atoms with van der Waals surface area (Å²) in [4.78, 5) is 38.8. The Balaban J connectivity index is 2.45. The fourth-order valence-electron chi connectivity index (χ4n) is 1.70. The van der Waals surface area contributed by atoms with Gasteiger partial charge in [-0.05, 0) is 18.2 Å². The SMILES string of the molecule is COC(=O)C=Cc1cn(C(=O)c2ccccc2)c(=O)nc1N. The predicted octanol–water partition coefficient (Wildman–Crippen LogP) is 0.700. The van der Waals surface area contributed by atoms with Crippen molar-refractivity contribution in [3.05, 3.63) is 64.2 Å². The number of benzene rings is 1. The maximum atomic E-state index is 12.3. The number of ether oxygens (including phenoxy) is 1. The van der Waals surface area contributed by atoms with Gasteiger partial charge >= 0.3 is 11.7 Å². The van der Waals surface area contributed by atoms with Gasteiger partial charge in [-0.2, -0.15) is 4.98 Å². The van der Waals surface area contributed by atoms with Crippen LogP contribution in [0.15, 0.2) is 47.4 Å². The van der Waals surface area contributed by atoms with Gasteiger partial charge < -0.3 is 10.5 Å². The van der Waals surface area contributed by atoms with Gasteiger partial charge in [-0.15, -0.1) is 0 Å². The molecule has 0 aliphatic heterocycles. The van der Waals surface area contributed by atoms with Gasteiger partial charge in [0.05, 0.1) is 7.11 Å². The first kappa shape index (κ1) is 15.2. The molecule has 2 N–H and O–H groups in total. The van der Waals surface area contributed by atoms with E-state index in [1.807, 2.05) is 0 Å². The lowest BCUT2D eigenvalue weighted by Crippen LogP contribution is -2.30. The number of rotatable bonds is 3. The van der Waals surface area contributed by atoms with Crippen molar-refractivity contribution in [3.63, 3.8) is 0 Å². The molecule has 7 nitrogen and oxygen atoms in total. The minimum atomic E-state index is -0.790. The maximum Gasteiger partial charge on any atom is 0.356 e. The van der Waals surface area contributed by atoms with Crippen LogP contribution in [-0.4, -0.2) is 28.5 Å². The molecule has 0 aliphatic carbocycles. The fraction of sp³-hybridized carbons (Fsp3) is 0.0667. The lowest BCUT2D eigenvalue weighted by atomic mass is 10.2. The van der Waals surface area contributed by atoms with Crippen LogP contribution in [0, 0.1) is 0 Å². The first-order valence-corrected chi connectivity index (χ1v) is 6.28. The Bertz CT molecular complexity index is 794. The van der Waals surface area contributed by atoms with Gasteiger partial charge in [0.25, 0.3) is 5.91 Å². The third-order valence-corrected chi connectivity index (χ3v) is 2.83. The molecule has 1 heterocycles. The van der Waals surface area contributed by atoms with Gasteiger partial charge in [-0.3, -0.25) is 4.79 Å². The Kier molecular flexibility index (Phi) is 4.47. The summed E-state index contributed by atoms with van der Waals surface area (Å²) in [5, 5.41) is 0. The van der Waals surface area contributed by atoms with Gasteiger partial charge in [0.2, 0.25) is 0 Å². The molecule has 0 unspecified atom stereocenters. The number of hydrogen-bond donors (Lipinski definition) is 1. The van der Waals surface area contributed by atoms with Crippen LogP contribution in [0.4, 0.5) is 5.82 Å². The number of nitrogens with two attached hydrogens (primary N) is 1. The molecule has 1 aromatic carbocycles. The molecule has 0 aliphatic rings. The van der Waals surface area contributed by atoms with E-state index in [4.69, 9.17) is 5.73 Å². The van der Waals surface area contributed by atoms with Gasteiger partial charge in [0.15, 0.2) is 0 Å². The molecular formula is C15H13N3O4. The van der Waals surface area contributed by atoms with Crippen LogP contribution in [0.3, 0.4) is 0 Å². The Morgan fingerprint density at radius 1 is 1.27 bits per heavy atom. The van der Waals surface area contributed by atoms with Crippen LogP contribution in [0.2, 0.25) is 0 Å². The molecule has 7 heteroatoms. The van der Waals surface area contributed by atoms with E-state index in [1.165, 1.54) is 19.4 Å². The molecule has 0 bridgehead atoms. The smallest absolute Gasteiger partial charge is 0.356 e. The van der Waals surface area contributed by atoms with Crippen molar-refractivity contribution in [3.8, 4) is 0 Å². The standard InChI is InChI=1S/C15H13N3O4/c1-22-12(19)8-7-11-9-18(15(21)17-13(11)16)14(20)10-5-3-2-4-6-10/h2-9H,1H3,(H2,16,17,21). The Morgan fingerprint density at radius 3 is 2.59 bits per heavy atom. The second kappa shape index (κ2) is 6.49. The van der Waals surface area contributed by atoms with Crippen molar-refractivity contribution in [2.75, 3.05) is 12.8 Å². The molecule has 0 saturated carbocycles. The second-order valence-electron chi connectivity index (χ2n) is 4.26. The van der Waals surface area contributed by atoms with Crippen LogP contribution in [0.25, 0.3) is 6.08 Å². The number of nitrogen functional groups attached to an aromatic ring is 1. The molecule has 0 saturated heterocycles. The number of methoxy groups -OCH3 is 1. The summed E-state index contributed by atoms with van der Waals surface area (Å²) in [5.74, 6) is -1.21. The molecule has 112 valence electrons. The number of carbonyl (C=O) groups excluding carboxylic acids is 2. The molecule has 2 rings (SSSR count). The maximum absolute atomic E-state index is 12.3. The van der Waals surface area contributed by atoms with Gasteiger partial charge in [0, 0.05) is 23.4 Å². The molecule has 0 spiro atoms.